The van der Waals surface area contributed by atoms with Gasteiger partial charge in [0.05, 0.1) is 10.6 Å². The van der Waals surface area contributed by atoms with Crippen molar-refractivity contribution in [2.45, 2.75) is 24.7 Å². The van der Waals surface area contributed by atoms with Crippen LogP contribution in [0.25, 0.3) is 0 Å². The van der Waals surface area contributed by atoms with Gasteiger partial charge in [0.25, 0.3) is 0 Å². The van der Waals surface area contributed by atoms with Crippen molar-refractivity contribution in [3.63, 3.8) is 0 Å². The van der Waals surface area contributed by atoms with E-state index in [1.54, 1.807) is 31.3 Å². The van der Waals surface area contributed by atoms with Crippen LogP contribution < -0.4 is 5.32 Å². The second-order valence-corrected chi connectivity index (χ2v) is 8.97. The van der Waals surface area contributed by atoms with E-state index in [4.69, 9.17) is 0 Å². The first-order valence-corrected chi connectivity index (χ1v) is 10.3. The monoisotopic (exact) mass is 401 g/mol. The molecule has 128 valence electrons. The highest BCUT2D eigenvalue weighted by molar-refractivity contribution is 9.10. The zero-order valence-electron chi connectivity index (χ0n) is 13.6. The zero-order valence-corrected chi connectivity index (χ0v) is 16.0. The van der Waals surface area contributed by atoms with E-state index < -0.39 is 9.84 Å². The van der Waals surface area contributed by atoms with Crippen LogP contribution in [0, 0.1) is 5.92 Å². The van der Waals surface area contributed by atoms with Gasteiger partial charge < -0.3 is 10.2 Å². The van der Waals surface area contributed by atoms with Gasteiger partial charge in [0.15, 0.2) is 15.8 Å². The minimum atomic E-state index is -3.28. The van der Waals surface area contributed by atoms with Gasteiger partial charge in [0.1, 0.15) is 0 Å². The molecule has 1 N–H and O–H groups in total. The number of guanidine groups is 1. The summed E-state index contributed by atoms with van der Waals surface area (Å²) in [7, 11) is -1.54. The lowest BCUT2D eigenvalue weighted by Gasteiger charge is -2.33. The molecule has 0 bridgehead atoms. The third-order valence-electron chi connectivity index (χ3n) is 4.00. The molecule has 1 fully saturated rings. The largest absolute Gasteiger partial charge is 0.355 e. The van der Waals surface area contributed by atoms with Crippen LogP contribution >= 0.6 is 15.9 Å². The Kier molecular flexibility index (Phi) is 6.47. The molecule has 1 unspecified atom stereocenters. The Morgan fingerprint density at radius 2 is 2.09 bits per heavy atom. The van der Waals surface area contributed by atoms with Crippen LogP contribution in [-0.2, 0) is 9.84 Å². The summed E-state index contributed by atoms with van der Waals surface area (Å²) in [5.41, 5.74) is 0. The minimum Gasteiger partial charge on any atom is -0.355 e. The Morgan fingerprint density at radius 1 is 1.39 bits per heavy atom. The lowest BCUT2D eigenvalue weighted by molar-refractivity contribution is 0.266. The van der Waals surface area contributed by atoms with Crippen LogP contribution in [0.5, 0.6) is 0 Å². The Labute approximate surface area is 147 Å². The van der Waals surface area contributed by atoms with Gasteiger partial charge >= 0.3 is 0 Å². The topological polar surface area (TPSA) is 61.8 Å². The van der Waals surface area contributed by atoms with E-state index in [-0.39, 0.29) is 5.75 Å². The fourth-order valence-corrected chi connectivity index (χ4v) is 4.19. The molecule has 1 aliphatic rings. The molecule has 0 amide bonds. The molecule has 7 heteroatoms. The summed E-state index contributed by atoms with van der Waals surface area (Å²) >= 11 is 3.31. The van der Waals surface area contributed by atoms with Gasteiger partial charge in [0.2, 0.25) is 0 Å². The van der Waals surface area contributed by atoms with Gasteiger partial charge in [-0.25, -0.2) is 8.42 Å². The van der Waals surface area contributed by atoms with Crippen LogP contribution in [0.2, 0.25) is 0 Å². The van der Waals surface area contributed by atoms with Crippen molar-refractivity contribution in [2.75, 3.05) is 32.4 Å². The number of halogens is 1. The molecule has 0 aromatic heterocycles. The number of hydrogen-bond donors (Lipinski definition) is 1. The second kappa shape index (κ2) is 8.15. The molecule has 1 aromatic rings. The molecule has 5 nitrogen and oxygen atoms in total. The molecule has 2 rings (SSSR count). The molecule has 0 aliphatic carbocycles. The zero-order chi connectivity index (χ0) is 16.9. The third-order valence-corrected chi connectivity index (χ3v) is 6.26. The molecule has 0 radical (unpaired) electrons. The van der Waals surface area contributed by atoms with E-state index >= 15 is 0 Å². The summed E-state index contributed by atoms with van der Waals surface area (Å²) in [6.07, 6.45) is 2.39. The number of nitrogens with one attached hydrogen (secondary N) is 1. The highest BCUT2D eigenvalue weighted by atomic mass is 79.9. The summed E-state index contributed by atoms with van der Waals surface area (Å²) in [6.45, 7) is 4.54. The molecular weight excluding hydrogens is 378 g/mol. The van der Waals surface area contributed by atoms with Crippen LogP contribution in [-0.4, -0.2) is 51.7 Å². The summed E-state index contributed by atoms with van der Waals surface area (Å²) < 4.78 is 25.5. The highest BCUT2D eigenvalue weighted by Gasteiger charge is 2.20. The van der Waals surface area contributed by atoms with Crippen molar-refractivity contribution < 1.29 is 8.42 Å². The molecule has 0 saturated carbocycles. The van der Waals surface area contributed by atoms with Crippen molar-refractivity contribution in [3.05, 3.63) is 28.7 Å². The van der Waals surface area contributed by atoms with E-state index in [1.807, 2.05) is 0 Å². The maximum atomic E-state index is 12.3. The van der Waals surface area contributed by atoms with E-state index in [9.17, 15) is 8.42 Å². The van der Waals surface area contributed by atoms with Gasteiger partial charge in [0, 0.05) is 31.2 Å². The average molecular weight is 402 g/mol. The van der Waals surface area contributed by atoms with E-state index in [0.717, 1.165) is 29.9 Å². The Morgan fingerprint density at radius 3 is 2.70 bits per heavy atom. The first-order chi connectivity index (χ1) is 10.9. The van der Waals surface area contributed by atoms with Crippen LogP contribution in [0.4, 0.5) is 0 Å². The smallest absolute Gasteiger partial charge is 0.193 e. The predicted octanol–water partition coefficient (Wildman–Crippen LogP) is 2.53. The molecule has 23 heavy (non-hydrogen) atoms. The van der Waals surface area contributed by atoms with Crippen LogP contribution in [0.15, 0.2) is 38.6 Å². The summed E-state index contributed by atoms with van der Waals surface area (Å²) in [5, 5.41) is 3.18. The maximum Gasteiger partial charge on any atom is 0.193 e. The Balaban J connectivity index is 1.91. The van der Waals surface area contributed by atoms with Gasteiger partial charge in [-0.05, 0) is 43.0 Å². The standard InChI is InChI=1S/C16H24BrN3O2S/c1-13-4-3-10-20(12-13)16(18-2)19-9-11-23(21,22)15-7-5-14(17)6-8-15/h5-8,13H,3-4,9-12H2,1-2H3,(H,18,19). The summed E-state index contributed by atoms with van der Waals surface area (Å²) in [5.74, 6) is 1.49. The van der Waals surface area contributed by atoms with Gasteiger partial charge in [-0.15, -0.1) is 0 Å². The van der Waals surface area contributed by atoms with Crippen molar-refractivity contribution in [1.82, 2.24) is 10.2 Å². The quantitative estimate of drug-likeness (QED) is 0.621. The first-order valence-electron chi connectivity index (χ1n) is 7.86. The Bertz CT molecular complexity index is 644. The molecular formula is C16H24BrN3O2S. The molecule has 1 aliphatic heterocycles. The number of likely N-dealkylation sites (tertiary alicyclic amines) is 1. The van der Waals surface area contributed by atoms with Crippen molar-refractivity contribution in [3.8, 4) is 0 Å². The molecule has 1 aromatic carbocycles. The molecule has 1 saturated heterocycles. The van der Waals surface area contributed by atoms with E-state index in [2.05, 4.69) is 38.1 Å². The number of hydrogen-bond acceptors (Lipinski definition) is 3. The molecule has 1 heterocycles. The average Bonchev–Trinajstić information content (AvgIpc) is 2.52. The second-order valence-electron chi connectivity index (χ2n) is 5.94. The summed E-state index contributed by atoms with van der Waals surface area (Å²) in [4.78, 5) is 6.84. The lowest BCUT2D eigenvalue weighted by atomic mass is 10.0. The SMILES string of the molecule is CN=C(NCCS(=O)(=O)c1ccc(Br)cc1)N1CCCC(C)C1. The predicted molar refractivity (Wildman–Crippen MR) is 97.5 cm³/mol. The van der Waals surface area contributed by atoms with Crippen LogP contribution in [0.3, 0.4) is 0 Å². The normalized spacial score (nSPS) is 19.7. The van der Waals surface area contributed by atoms with Gasteiger partial charge in [-0.2, -0.15) is 0 Å². The summed E-state index contributed by atoms with van der Waals surface area (Å²) in [6, 6.07) is 6.74. The van der Waals surface area contributed by atoms with Gasteiger partial charge in [-0.1, -0.05) is 22.9 Å². The fourth-order valence-electron chi connectivity index (χ4n) is 2.77. The first kappa shape index (κ1) is 18.3. The third kappa shape index (κ3) is 5.21. The van der Waals surface area contributed by atoms with Crippen molar-refractivity contribution in [1.29, 1.82) is 0 Å². The number of rotatable bonds is 4. The van der Waals surface area contributed by atoms with E-state index in [0.29, 0.717) is 17.4 Å². The number of benzene rings is 1. The molecule has 1 atom stereocenters. The number of piperidine rings is 1. The van der Waals surface area contributed by atoms with E-state index in [1.165, 1.54) is 6.42 Å². The van der Waals surface area contributed by atoms with Crippen LogP contribution in [0.1, 0.15) is 19.8 Å². The Hall–Kier alpha value is -1.08. The number of nitrogens with zero attached hydrogens (tertiary/aromatic N) is 2. The highest BCUT2D eigenvalue weighted by Crippen LogP contribution is 2.16. The number of sulfone groups is 1. The maximum absolute atomic E-state index is 12.3. The van der Waals surface area contributed by atoms with Gasteiger partial charge in [-0.3, -0.25) is 4.99 Å². The lowest BCUT2D eigenvalue weighted by Crippen LogP contribution is -2.47. The minimum absolute atomic E-state index is 0.0526. The van der Waals surface area contributed by atoms with Crippen molar-refractivity contribution >= 4 is 31.7 Å². The van der Waals surface area contributed by atoms with Crippen molar-refractivity contribution in [2.24, 2.45) is 10.9 Å². The molecule has 0 spiro atoms. The fraction of sp³-hybridized carbons (Fsp3) is 0.562. The number of aliphatic imine (C=N–C) groups is 1.